The number of unbranched alkanes of at least 4 members (excludes halogenated alkanes) is 1. The van der Waals surface area contributed by atoms with Crippen LogP contribution in [-0.2, 0) is 20.7 Å². The van der Waals surface area contributed by atoms with Crippen molar-refractivity contribution < 1.29 is 29.3 Å². The van der Waals surface area contributed by atoms with E-state index < -0.39 is 35.6 Å². The standard InChI is InChI=1S/C33H40ClN3O6/c1-6-7-19-37(31(41)26(35-32(42)43-33(3,4)5)20-22-15-17-23(38)18-16-22)29(24-12-8-9-14-27(24)39)30(40)36-28-21(2)11-10-13-25(28)34/h8-18,26,29,38-39H,6-7,19-20H2,1-5H3,(H,35,42)(H,36,40). The maximum absolute atomic E-state index is 14.5. The first-order valence-corrected chi connectivity index (χ1v) is 14.6. The quantitative estimate of drug-likeness (QED) is 0.196. The van der Waals surface area contributed by atoms with Crippen LogP contribution >= 0.6 is 11.6 Å². The topological polar surface area (TPSA) is 128 Å². The highest BCUT2D eigenvalue weighted by atomic mass is 35.5. The number of ether oxygens (including phenoxy) is 1. The van der Waals surface area contributed by atoms with Crippen molar-refractivity contribution in [3.05, 3.63) is 88.4 Å². The number of nitrogens with zero attached hydrogens (tertiary/aromatic N) is 1. The molecule has 3 aromatic carbocycles. The number of benzene rings is 3. The van der Waals surface area contributed by atoms with Crippen LogP contribution in [0.25, 0.3) is 0 Å². The van der Waals surface area contributed by atoms with Crippen molar-refractivity contribution in [3.8, 4) is 11.5 Å². The van der Waals surface area contributed by atoms with Crippen molar-refractivity contribution >= 4 is 35.2 Å². The number of carbonyl (C=O) groups excluding carboxylic acids is 3. The van der Waals surface area contributed by atoms with Gasteiger partial charge < -0.3 is 30.5 Å². The van der Waals surface area contributed by atoms with Gasteiger partial charge in [-0.25, -0.2) is 4.79 Å². The predicted octanol–water partition coefficient (Wildman–Crippen LogP) is 6.50. The van der Waals surface area contributed by atoms with Crippen LogP contribution in [-0.4, -0.2) is 51.2 Å². The van der Waals surface area contributed by atoms with Crippen LogP contribution < -0.4 is 10.6 Å². The number of hydrogen-bond donors (Lipinski definition) is 4. The number of aryl methyl sites for hydroxylation is 1. The van der Waals surface area contributed by atoms with Crippen LogP contribution in [0.15, 0.2) is 66.7 Å². The van der Waals surface area contributed by atoms with Crippen LogP contribution in [0.4, 0.5) is 10.5 Å². The van der Waals surface area contributed by atoms with Crippen molar-refractivity contribution in [2.45, 2.75) is 71.6 Å². The molecule has 10 heteroatoms. The SMILES string of the molecule is CCCCN(C(=O)C(Cc1ccc(O)cc1)NC(=O)OC(C)(C)C)C(C(=O)Nc1c(C)cccc1Cl)c1ccccc1O. The van der Waals surface area contributed by atoms with E-state index in [9.17, 15) is 24.6 Å². The summed E-state index contributed by atoms with van der Waals surface area (Å²) >= 11 is 6.42. The number of alkyl carbamates (subject to hydrolysis) is 1. The van der Waals surface area contributed by atoms with Crippen LogP contribution in [0.5, 0.6) is 11.5 Å². The molecule has 0 fully saturated rings. The summed E-state index contributed by atoms with van der Waals surface area (Å²) in [6.07, 6.45) is 0.520. The number of aromatic hydroxyl groups is 2. The van der Waals surface area contributed by atoms with Gasteiger partial charge in [0.1, 0.15) is 29.2 Å². The number of nitrogens with one attached hydrogen (secondary N) is 2. The number of anilines is 1. The van der Waals surface area contributed by atoms with Gasteiger partial charge in [0.25, 0.3) is 5.91 Å². The summed E-state index contributed by atoms with van der Waals surface area (Å²) in [5.74, 6) is -1.24. The van der Waals surface area contributed by atoms with E-state index in [1.807, 2.05) is 6.92 Å². The third-order valence-electron chi connectivity index (χ3n) is 6.66. The molecule has 3 rings (SSSR count). The molecule has 9 nitrogen and oxygen atoms in total. The summed E-state index contributed by atoms with van der Waals surface area (Å²) < 4.78 is 5.46. The normalized spacial score (nSPS) is 12.6. The maximum Gasteiger partial charge on any atom is 0.408 e. The Morgan fingerprint density at radius 3 is 2.26 bits per heavy atom. The fourth-order valence-electron chi connectivity index (χ4n) is 4.56. The van der Waals surface area contributed by atoms with E-state index in [4.69, 9.17) is 16.3 Å². The average molecular weight is 610 g/mol. The maximum atomic E-state index is 14.5. The van der Waals surface area contributed by atoms with Gasteiger partial charge in [-0.15, -0.1) is 0 Å². The minimum atomic E-state index is -1.27. The number of para-hydroxylation sites is 2. The third kappa shape index (κ3) is 9.38. The highest BCUT2D eigenvalue weighted by molar-refractivity contribution is 6.34. The Bertz CT molecular complexity index is 1400. The number of amides is 3. The molecule has 0 aliphatic heterocycles. The van der Waals surface area contributed by atoms with Gasteiger partial charge in [0.15, 0.2) is 0 Å². The molecule has 0 aliphatic rings. The van der Waals surface area contributed by atoms with Gasteiger partial charge in [-0.1, -0.05) is 67.4 Å². The number of hydrogen-bond acceptors (Lipinski definition) is 6. The lowest BCUT2D eigenvalue weighted by Crippen LogP contribution is -2.53. The van der Waals surface area contributed by atoms with E-state index in [2.05, 4.69) is 10.6 Å². The lowest BCUT2D eigenvalue weighted by Gasteiger charge is -2.35. The van der Waals surface area contributed by atoms with Gasteiger partial charge in [-0.3, -0.25) is 9.59 Å². The number of phenols is 2. The first kappa shape index (κ1) is 33.3. The minimum absolute atomic E-state index is 0.0553. The van der Waals surface area contributed by atoms with Gasteiger partial charge in [0.2, 0.25) is 5.91 Å². The zero-order valence-corrected chi connectivity index (χ0v) is 25.9. The molecule has 0 aromatic heterocycles. The lowest BCUT2D eigenvalue weighted by molar-refractivity contribution is -0.141. The molecule has 0 heterocycles. The lowest BCUT2D eigenvalue weighted by atomic mass is 9.99. The predicted molar refractivity (Wildman–Crippen MR) is 167 cm³/mol. The second kappa shape index (κ2) is 14.8. The third-order valence-corrected chi connectivity index (χ3v) is 6.98. The van der Waals surface area contributed by atoms with Crippen molar-refractivity contribution in [1.82, 2.24) is 10.2 Å². The highest BCUT2D eigenvalue weighted by Crippen LogP contribution is 2.33. The number of phenolic OH excluding ortho intramolecular Hbond substituents is 2. The van der Waals surface area contributed by atoms with Crippen molar-refractivity contribution in [3.63, 3.8) is 0 Å². The van der Waals surface area contributed by atoms with Gasteiger partial charge in [-0.2, -0.15) is 0 Å². The molecular weight excluding hydrogens is 570 g/mol. The molecule has 0 saturated carbocycles. The molecule has 43 heavy (non-hydrogen) atoms. The zero-order chi connectivity index (χ0) is 31.7. The summed E-state index contributed by atoms with van der Waals surface area (Å²) in [5.41, 5.74) is 1.18. The second-order valence-corrected chi connectivity index (χ2v) is 11.7. The largest absolute Gasteiger partial charge is 0.508 e. The molecule has 3 aromatic rings. The molecule has 0 radical (unpaired) electrons. The molecule has 2 unspecified atom stereocenters. The number of carbonyl (C=O) groups is 3. The Kier molecular flexibility index (Phi) is 11.4. The summed E-state index contributed by atoms with van der Waals surface area (Å²) in [7, 11) is 0. The number of rotatable bonds is 11. The Balaban J connectivity index is 2.10. The summed E-state index contributed by atoms with van der Waals surface area (Å²) in [4.78, 5) is 42.8. The van der Waals surface area contributed by atoms with Gasteiger partial charge in [-0.05, 0) is 69.5 Å². The summed E-state index contributed by atoms with van der Waals surface area (Å²) in [5, 5.41) is 26.5. The first-order valence-electron chi connectivity index (χ1n) is 14.2. The molecule has 3 amide bonds. The van der Waals surface area contributed by atoms with Gasteiger partial charge in [0, 0.05) is 18.5 Å². The molecule has 2 atom stereocenters. The summed E-state index contributed by atoms with van der Waals surface area (Å²) in [6.45, 7) is 9.06. The smallest absolute Gasteiger partial charge is 0.408 e. The Hall–Kier alpha value is -4.24. The molecule has 0 saturated heterocycles. The molecular formula is C33H40ClN3O6. The van der Waals surface area contributed by atoms with Crippen molar-refractivity contribution in [2.24, 2.45) is 0 Å². The second-order valence-electron chi connectivity index (χ2n) is 11.3. The molecule has 0 bridgehead atoms. The molecule has 230 valence electrons. The Labute approximate surface area is 257 Å². The van der Waals surface area contributed by atoms with Crippen molar-refractivity contribution in [2.75, 3.05) is 11.9 Å². The average Bonchev–Trinajstić information content (AvgIpc) is 2.93. The van der Waals surface area contributed by atoms with Crippen molar-refractivity contribution in [1.29, 1.82) is 0 Å². The van der Waals surface area contributed by atoms with Gasteiger partial charge >= 0.3 is 6.09 Å². The fraction of sp³-hybridized carbons (Fsp3) is 0.364. The van der Waals surface area contributed by atoms with E-state index >= 15 is 0 Å². The van der Waals surface area contributed by atoms with Crippen LogP contribution in [0, 0.1) is 6.92 Å². The zero-order valence-electron chi connectivity index (χ0n) is 25.2. The van der Waals surface area contributed by atoms with Crippen LogP contribution in [0.3, 0.4) is 0 Å². The van der Waals surface area contributed by atoms with E-state index in [0.29, 0.717) is 29.1 Å². The highest BCUT2D eigenvalue weighted by Gasteiger charge is 2.37. The molecule has 4 N–H and O–H groups in total. The van der Waals surface area contributed by atoms with E-state index in [-0.39, 0.29) is 30.0 Å². The van der Waals surface area contributed by atoms with E-state index in [1.165, 1.54) is 23.1 Å². The number of halogens is 1. The van der Waals surface area contributed by atoms with Crippen LogP contribution in [0.1, 0.15) is 63.3 Å². The Morgan fingerprint density at radius 1 is 0.977 bits per heavy atom. The van der Waals surface area contributed by atoms with Crippen LogP contribution in [0.2, 0.25) is 5.02 Å². The fourth-order valence-corrected chi connectivity index (χ4v) is 4.83. The summed E-state index contributed by atoms with van der Waals surface area (Å²) in [6, 6.07) is 15.4. The van der Waals surface area contributed by atoms with E-state index in [0.717, 1.165) is 5.56 Å². The minimum Gasteiger partial charge on any atom is -0.508 e. The first-order chi connectivity index (χ1) is 20.3. The Morgan fingerprint density at radius 2 is 1.65 bits per heavy atom. The monoisotopic (exact) mass is 609 g/mol. The van der Waals surface area contributed by atoms with E-state index in [1.54, 1.807) is 76.2 Å². The molecule has 0 aliphatic carbocycles. The van der Waals surface area contributed by atoms with Gasteiger partial charge in [0.05, 0.1) is 10.7 Å². The molecule has 0 spiro atoms.